The van der Waals surface area contributed by atoms with Gasteiger partial charge in [-0.05, 0) is 28.5 Å². The van der Waals surface area contributed by atoms with Crippen LogP contribution in [0.25, 0.3) is 0 Å². The van der Waals surface area contributed by atoms with Crippen LogP contribution in [0.15, 0.2) is 42.0 Å². The number of phenols is 1. The summed E-state index contributed by atoms with van der Waals surface area (Å²) in [6.45, 7) is 17.3. The van der Waals surface area contributed by atoms with Crippen molar-refractivity contribution < 1.29 is 26.8 Å². The minimum absolute atomic E-state index is 0. The predicted molar refractivity (Wildman–Crippen MR) is 119 cm³/mol. The maximum atomic E-state index is 9.18. The van der Waals surface area contributed by atoms with Crippen LogP contribution in [-0.2, 0) is 27.1 Å². The van der Waals surface area contributed by atoms with Crippen molar-refractivity contribution in [2.75, 3.05) is 0 Å². The van der Waals surface area contributed by atoms with Crippen molar-refractivity contribution in [3.63, 3.8) is 0 Å². The van der Waals surface area contributed by atoms with Gasteiger partial charge < -0.3 is 5.11 Å². The van der Waals surface area contributed by atoms with Gasteiger partial charge in [0.25, 0.3) is 0 Å². The third kappa shape index (κ3) is 15.1. The fourth-order valence-corrected chi connectivity index (χ4v) is 1.89. The van der Waals surface area contributed by atoms with Crippen molar-refractivity contribution in [3.8, 4) is 5.75 Å². The van der Waals surface area contributed by atoms with E-state index in [1.807, 2.05) is 12.1 Å². The summed E-state index contributed by atoms with van der Waals surface area (Å²) in [5, 5.41) is 9.18. The number of phenolic OH excluding ortho intramolecular Hbond substituents is 1. The third-order valence-corrected chi connectivity index (χ3v) is 3.22. The van der Waals surface area contributed by atoms with E-state index in [0.29, 0.717) is 11.2 Å². The standard InChI is InChI=1S/C10H14O.C9H13.C2H6Si.2ClH.Ti/c1-10(2,3)8-5-4-6-9(11)7-8;1-9(2,3)8-6-4-5-7-8;1-3-2;;;/h4-7,11H,1-3H3;4,6H,5H2,1-3H3;1-2H3;2*1H;/q;-1;;;;. The van der Waals surface area contributed by atoms with Crippen LogP contribution in [0.2, 0.25) is 13.1 Å². The van der Waals surface area contributed by atoms with E-state index in [2.05, 4.69) is 72.9 Å². The molecule has 0 saturated carbocycles. The first-order valence-corrected chi connectivity index (χ1v) is 10.2. The summed E-state index contributed by atoms with van der Waals surface area (Å²) in [6, 6.07) is 7.39. The number of rotatable bonds is 0. The number of halogens is 2. The summed E-state index contributed by atoms with van der Waals surface area (Å²) in [5.74, 6) is 0.345. The van der Waals surface area contributed by atoms with E-state index in [9.17, 15) is 5.11 Å². The Kier molecular flexibility index (Phi) is 20.7. The first-order chi connectivity index (χ1) is 10.5. The van der Waals surface area contributed by atoms with Gasteiger partial charge in [-0.25, -0.2) is 11.6 Å². The molecule has 0 saturated heterocycles. The van der Waals surface area contributed by atoms with E-state index in [1.54, 1.807) is 12.1 Å². The summed E-state index contributed by atoms with van der Waals surface area (Å²) >= 11 is 0. The van der Waals surface area contributed by atoms with Gasteiger partial charge in [0.2, 0.25) is 0 Å². The molecule has 0 bridgehead atoms. The van der Waals surface area contributed by atoms with Crippen LogP contribution >= 0.6 is 24.8 Å². The zero-order valence-electron chi connectivity index (χ0n) is 17.4. The fourth-order valence-electron chi connectivity index (χ4n) is 1.89. The Hall–Kier alpha value is 0.0112. The molecule has 5 heteroatoms. The third-order valence-electron chi connectivity index (χ3n) is 3.22. The normalized spacial score (nSPS) is 11.9. The van der Waals surface area contributed by atoms with E-state index >= 15 is 0 Å². The molecular formula is C21H35Cl2OSiTi-. The van der Waals surface area contributed by atoms with Gasteiger partial charge in [0.15, 0.2) is 0 Å². The quantitative estimate of drug-likeness (QED) is 0.332. The molecule has 1 aromatic carbocycles. The first-order valence-electron chi connectivity index (χ1n) is 8.18. The first kappa shape index (κ1) is 33.6. The minimum atomic E-state index is 0. The number of hydrogen-bond donors (Lipinski definition) is 1. The van der Waals surface area contributed by atoms with E-state index in [0.717, 1.165) is 21.5 Å². The Morgan fingerprint density at radius 1 is 0.962 bits per heavy atom. The van der Waals surface area contributed by atoms with Gasteiger partial charge in [0.1, 0.15) is 5.75 Å². The maximum absolute atomic E-state index is 9.18. The Morgan fingerprint density at radius 3 is 1.69 bits per heavy atom. The van der Waals surface area contributed by atoms with Crippen LogP contribution < -0.4 is 0 Å². The molecule has 0 fully saturated rings. The van der Waals surface area contributed by atoms with Crippen molar-refractivity contribution in [1.82, 2.24) is 0 Å². The van der Waals surface area contributed by atoms with Crippen molar-refractivity contribution in [2.45, 2.75) is 66.5 Å². The van der Waals surface area contributed by atoms with Gasteiger partial charge >= 0.3 is 0 Å². The largest absolute Gasteiger partial charge is 0.508 e. The zero-order chi connectivity index (χ0) is 18.1. The van der Waals surface area contributed by atoms with E-state index in [1.165, 1.54) is 5.57 Å². The summed E-state index contributed by atoms with van der Waals surface area (Å²) in [4.78, 5) is 0. The molecule has 1 aliphatic rings. The summed E-state index contributed by atoms with van der Waals surface area (Å²) < 4.78 is 0. The Bertz CT molecular complexity index is 530. The Balaban J connectivity index is -0.000000148. The zero-order valence-corrected chi connectivity index (χ0v) is 21.6. The fraction of sp³-hybridized carbons (Fsp3) is 0.524. The molecule has 1 aliphatic carbocycles. The van der Waals surface area contributed by atoms with Gasteiger partial charge in [-0.15, -0.1) is 31.2 Å². The summed E-state index contributed by atoms with van der Waals surface area (Å²) in [5.41, 5.74) is 2.94. The van der Waals surface area contributed by atoms with Gasteiger partial charge in [-0.2, -0.15) is 6.08 Å². The smallest absolute Gasteiger partial charge is 0.115 e. The average molecular weight is 450 g/mol. The van der Waals surface area contributed by atoms with E-state index < -0.39 is 0 Å². The molecule has 2 rings (SSSR count). The second-order valence-corrected chi connectivity index (χ2v) is 8.75. The molecule has 1 N–H and O–H groups in total. The van der Waals surface area contributed by atoms with Crippen molar-refractivity contribution in [3.05, 3.63) is 53.6 Å². The minimum Gasteiger partial charge on any atom is -0.508 e. The second-order valence-electron chi connectivity index (χ2n) is 7.75. The Morgan fingerprint density at radius 2 is 1.46 bits per heavy atom. The van der Waals surface area contributed by atoms with Crippen LogP contribution in [0.4, 0.5) is 0 Å². The monoisotopic (exact) mass is 449 g/mol. The topological polar surface area (TPSA) is 20.2 Å². The molecule has 0 amide bonds. The maximum Gasteiger partial charge on any atom is 0.115 e. The van der Waals surface area contributed by atoms with Gasteiger partial charge in [-0.1, -0.05) is 66.8 Å². The molecule has 2 radical (unpaired) electrons. The molecule has 1 aromatic rings. The van der Waals surface area contributed by atoms with Crippen LogP contribution in [0.5, 0.6) is 5.75 Å². The van der Waals surface area contributed by atoms with Crippen LogP contribution in [0.1, 0.15) is 53.5 Å². The molecular weight excluding hydrogens is 415 g/mol. The van der Waals surface area contributed by atoms with Gasteiger partial charge in [0.05, 0.1) is 0 Å². The SMILES string of the molecule is CC(C)(C)C1=[C-]CC=C1.CC(C)(C)c1cccc(O)c1.C[Si]C.Cl.Cl.[Ti]. The molecule has 0 aromatic heterocycles. The molecule has 0 atom stereocenters. The average Bonchev–Trinajstić information content (AvgIpc) is 2.93. The molecule has 0 aliphatic heterocycles. The molecule has 148 valence electrons. The van der Waals surface area contributed by atoms with E-state index in [4.69, 9.17) is 0 Å². The number of allylic oxidation sites excluding steroid dienone is 4. The summed E-state index contributed by atoms with van der Waals surface area (Å²) in [7, 11) is 1.08. The molecule has 0 heterocycles. The summed E-state index contributed by atoms with van der Waals surface area (Å²) in [6.07, 6.45) is 8.63. The Labute approximate surface area is 191 Å². The van der Waals surface area contributed by atoms with Crippen molar-refractivity contribution in [2.24, 2.45) is 5.41 Å². The second kappa shape index (κ2) is 16.0. The number of benzene rings is 1. The molecule has 0 spiro atoms. The number of hydrogen-bond acceptors (Lipinski definition) is 1. The van der Waals surface area contributed by atoms with Gasteiger partial charge in [0, 0.05) is 31.2 Å². The molecule has 0 unspecified atom stereocenters. The molecule has 26 heavy (non-hydrogen) atoms. The van der Waals surface area contributed by atoms with Crippen molar-refractivity contribution in [1.29, 1.82) is 0 Å². The number of aromatic hydroxyl groups is 1. The predicted octanol–water partition coefficient (Wildman–Crippen LogP) is 7.04. The molecule has 1 nitrogen and oxygen atoms in total. The van der Waals surface area contributed by atoms with Crippen LogP contribution in [0, 0.1) is 11.5 Å². The van der Waals surface area contributed by atoms with E-state index in [-0.39, 0.29) is 51.9 Å². The van der Waals surface area contributed by atoms with Crippen LogP contribution in [0.3, 0.4) is 0 Å². The van der Waals surface area contributed by atoms with Crippen LogP contribution in [-0.4, -0.2) is 14.6 Å². The van der Waals surface area contributed by atoms with Crippen molar-refractivity contribution >= 4 is 34.3 Å². The van der Waals surface area contributed by atoms with Gasteiger partial charge in [-0.3, -0.25) is 6.08 Å².